The van der Waals surface area contributed by atoms with Gasteiger partial charge in [0.25, 0.3) is 17.9 Å². The molecule has 25 heteroatoms. The molecule has 1 fully saturated rings. The third-order valence-electron chi connectivity index (χ3n) is 11.1. The van der Waals surface area contributed by atoms with E-state index in [9.17, 15) is 48.7 Å². The van der Waals surface area contributed by atoms with Crippen LogP contribution in [0.4, 0.5) is 49.7 Å². The number of alkyl halides is 7. The smallest absolute Gasteiger partial charge is 0.344 e. The van der Waals surface area contributed by atoms with Crippen molar-refractivity contribution in [2.75, 3.05) is 11.0 Å². The summed E-state index contributed by atoms with van der Waals surface area (Å²) in [6.07, 6.45) is -8.48. The standard InChI is InChI=1S/C41H28ClF10N9O4S/c1-66(64,65)58-37-31-24(42)7-9-28(33(31)60(57-37)16-40(48,49)50)61-38(55-36-21(39(61)63)6-8-26(54-36)20-4-2-3-5-25(20)45)27(12-17-10-18(43)13-19(44)11-17)53-29(62)15-59-34-30(32(56-59)35(46)47)22-14-23(22)41(34,51)52/h2-11,13,22-23,27,35H,12,14-16H2,1H3,(H,53,62)(H,57,58)/t22?,23?,27-/m0/s1. The van der Waals surface area contributed by atoms with E-state index in [1.54, 1.807) is 0 Å². The van der Waals surface area contributed by atoms with E-state index in [1.165, 1.54) is 24.3 Å². The second-order valence-corrected chi connectivity index (χ2v) is 17.9. The maximum absolute atomic E-state index is 15.5. The second kappa shape index (κ2) is 15.8. The number of carbonyl (C=O) groups excluding carboxylic acids is 1. The summed E-state index contributed by atoms with van der Waals surface area (Å²) in [4.78, 5) is 38.0. The molecule has 13 nitrogen and oxygen atoms in total. The summed E-state index contributed by atoms with van der Waals surface area (Å²) in [5, 5.41) is 8.75. The molecule has 7 aromatic rings. The van der Waals surface area contributed by atoms with E-state index >= 15 is 13.2 Å². The van der Waals surface area contributed by atoms with Crippen LogP contribution in [0.3, 0.4) is 0 Å². The highest BCUT2D eigenvalue weighted by Crippen LogP contribution is 2.68. The highest BCUT2D eigenvalue weighted by molar-refractivity contribution is 7.92. The number of rotatable bonds is 12. The molecule has 9 rings (SSSR count). The molecule has 2 aliphatic carbocycles. The van der Waals surface area contributed by atoms with Crippen molar-refractivity contribution in [2.45, 2.75) is 56.4 Å². The molecular weight excluding hydrogens is 940 g/mol. The fraction of sp³-hybridized carbons (Fsp3) is 0.268. The predicted octanol–water partition coefficient (Wildman–Crippen LogP) is 8.25. The minimum atomic E-state index is -5.05. The van der Waals surface area contributed by atoms with Crippen molar-refractivity contribution >= 4 is 55.3 Å². The van der Waals surface area contributed by atoms with Crippen LogP contribution in [-0.4, -0.2) is 60.9 Å². The second-order valence-electron chi connectivity index (χ2n) is 15.7. The molecule has 0 aliphatic heterocycles. The first-order valence-electron chi connectivity index (χ1n) is 19.4. The lowest BCUT2D eigenvalue weighted by atomic mass is 10.0. The highest BCUT2D eigenvalue weighted by Gasteiger charge is 2.67. The fourth-order valence-corrected chi connectivity index (χ4v) is 9.20. The molecule has 2 N–H and O–H groups in total. The Morgan fingerprint density at radius 2 is 1.68 bits per heavy atom. The maximum atomic E-state index is 15.5. The van der Waals surface area contributed by atoms with Gasteiger partial charge in [-0.1, -0.05) is 23.7 Å². The Bertz CT molecular complexity index is 3320. The number of halogens is 11. The van der Waals surface area contributed by atoms with Crippen LogP contribution in [0, 0.1) is 23.4 Å². The zero-order valence-electron chi connectivity index (χ0n) is 33.3. The Morgan fingerprint density at radius 3 is 2.35 bits per heavy atom. The molecule has 3 atom stereocenters. The van der Waals surface area contributed by atoms with E-state index in [-0.39, 0.29) is 33.7 Å². The number of pyridine rings is 1. The minimum Gasteiger partial charge on any atom is -0.344 e. The number of sulfonamides is 1. The number of nitrogens with one attached hydrogen (secondary N) is 2. The number of aromatic nitrogens is 7. The number of hydrogen-bond acceptors (Lipinski definition) is 8. The van der Waals surface area contributed by atoms with Crippen molar-refractivity contribution in [1.29, 1.82) is 0 Å². The molecular formula is C41H28ClF10N9O4S. The van der Waals surface area contributed by atoms with Crippen molar-refractivity contribution < 1.29 is 57.1 Å². The van der Waals surface area contributed by atoms with E-state index in [0.29, 0.717) is 26.3 Å². The van der Waals surface area contributed by atoms with E-state index < -0.39 is 146 Å². The number of anilines is 1. The molecule has 4 aromatic heterocycles. The summed E-state index contributed by atoms with van der Waals surface area (Å²) in [7, 11) is -4.26. The molecule has 2 unspecified atom stereocenters. The molecule has 2 aliphatic rings. The van der Waals surface area contributed by atoms with E-state index in [2.05, 4.69) is 25.5 Å². The van der Waals surface area contributed by atoms with E-state index in [0.717, 1.165) is 36.4 Å². The first kappa shape index (κ1) is 44.6. The van der Waals surface area contributed by atoms with Gasteiger partial charge in [0.1, 0.15) is 47.8 Å². The van der Waals surface area contributed by atoms with Gasteiger partial charge in [0, 0.05) is 29.5 Å². The molecule has 0 saturated heterocycles. The van der Waals surface area contributed by atoms with Gasteiger partial charge in [-0.25, -0.2) is 40.3 Å². The van der Waals surface area contributed by atoms with Crippen molar-refractivity contribution in [1.82, 2.24) is 39.4 Å². The topological polar surface area (TPSA) is 159 Å². The Balaban J connectivity index is 1.29. The van der Waals surface area contributed by atoms with Gasteiger partial charge in [-0.15, -0.1) is 0 Å². The number of benzene rings is 3. The minimum absolute atomic E-state index is 0.0715. The zero-order chi connectivity index (χ0) is 47.4. The van der Waals surface area contributed by atoms with Gasteiger partial charge in [-0.05, 0) is 66.4 Å². The molecule has 3 aromatic carbocycles. The lowest BCUT2D eigenvalue weighted by Gasteiger charge is -2.24. The third-order valence-corrected chi connectivity index (χ3v) is 11.9. The molecule has 66 heavy (non-hydrogen) atoms. The molecule has 4 heterocycles. The van der Waals surface area contributed by atoms with Gasteiger partial charge in [0.15, 0.2) is 11.5 Å². The maximum Gasteiger partial charge on any atom is 0.408 e. The van der Waals surface area contributed by atoms with Gasteiger partial charge < -0.3 is 5.32 Å². The zero-order valence-corrected chi connectivity index (χ0v) is 34.9. The summed E-state index contributed by atoms with van der Waals surface area (Å²) < 4.78 is 175. The van der Waals surface area contributed by atoms with Crippen molar-refractivity contribution in [3.8, 4) is 16.9 Å². The Hall–Kier alpha value is -6.56. The number of amides is 1. The molecule has 1 amide bonds. The summed E-state index contributed by atoms with van der Waals surface area (Å²) in [6, 6.07) is 10.1. The average molecular weight is 968 g/mol. The van der Waals surface area contributed by atoms with Crippen LogP contribution in [0.5, 0.6) is 0 Å². The van der Waals surface area contributed by atoms with Crippen LogP contribution < -0.4 is 15.6 Å². The van der Waals surface area contributed by atoms with Crippen LogP contribution in [0.15, 0.2) is 71.5 Å². The summed E-state index contributed by atoms with van der Waals surface area (Å²) >= 11 is 6.49. The summed E-state index contributed by atoms with van der Waals surface area (Å²) in [5.74, 6) is -11.5. The van der Waals surface area contributed by atoms with E-state index in [1.807, 2.05) is 4.72 Å². The largest absolute Gasteiger partial charge is 0.408 e. The molecule has 0 bridgehead atoms. The Morgan fingerprint density at radius 1 is 0.970 bits per heavy atom. The highest BCUT2D eigenvalue weighted by atomic mass is 35.5. The number of fused-ring (bicyclic) bond motifs is 5. The lowest BCUT2D eigenvalue weighted by molar-refractivity contribution is -0.141. The van der Waals surface area contributed by atoms with Crippen molar-refractivity contribution in [2.24, 2.45) is 5.92 Å². The number of nitrogens with zero attached hydrogens (tertiary/aromatic N) is 7. The van der Waals surface area contributed by atoms with Crippen LogP contribution in [-0.2, 0) is 40.3 Å². The SMILES string of the molecule is CS(=O)(=O)Nc1nn(CC(F)(F)F)c2c(-n3c([C@H](Cc4cc(F)cc(F)c4)NC(=O)Cn4nc(C(F)F)c5c4C(F)(F)C4CC54)nc4nc(-c5ccccc5F)ccc4c3=O)ccc(Cl)c12. The van der Waals surface area contributed by atoms with Crippen molar-refractivity contribution in [3.63, 3.8) is 0 Å². The van der Waals surface area contributed by atoms with Gasteiger partial charge in [0.2, 0.25) is 15.9 Å². The lowest BCUT2D eigenvalue weighted by Crippen LogP contribution is -2.38. The van der Waals surface area contributed by atoms with Gasteiger partial charge in [-0.2, -0.15) is 32.1 Å². The molecule has 0 radical (unpaired) electrons. The normalized spacial score (nSPS) is 17.0. The number of carbonyl (C=O) groups is 1. The third kappa shape index (κ3) is 8.08. The Labute approximate surface area is 369 Å². The molecule has 1 saturated carbocycles. The molecule has 0 spiro atoms. The van der Waals surface area contributed by atoms with Crippen LogP contribution in [0.2, 0.25) is 5.02 Å². The van der Waals surface area contributed by atoms with Crippen LogP contribution >= 0.6 is 11.6 Å². The van der Waals surface area contributed by atoms with Crippen molar-refractivity contribution in [3.05, 3.63) is 128 Å². The summed E-state index contributed by atoms with van der Waals surface area (Å²) in [6.45, 7) is -3.06. The fourth-order valence-electron chi connectivity index (χ4n) is 8.47. The van der Waals surface area contributed by atoms with Gasteiger partial charge in [0.05, 0.1) is 45.0 Å². The number of hydrogen-bond donors (Lipinski definition) is 2. The summed E-state index contributed by atoms with van der Waals surface area (Å²) in [5.41, 5.74) is -5.41. The predicted molar refractivity (Wildman–Crippen MR) is 216 cm³/mol. The van der Waals surface area contributed by atoms with Crippen LogP contribution in [0.1, 0.15) is 53.1 Å². The average Bonchev–Trinajstić information content (AvgIpc) is 3.74. The first-order valence-corrected chi connectivity index (χ1v) is 21.7. The van der Waals surface area contributed by atoms with Gasteiger partial charge >= 0.3 is 6.18 Å². The van der Waals surface area contributed by atoms with Crippen LogP contribution in [0.25, 0.3) is 38.9 Å². The van der Waals surface area contributed by atoms with Gasteiger partial charge in [-0.3, -0.25) is 28.2 Å². The molecule has 344 valence electrons. The monoisotopic (exact) mass is 967 g/mol. The Kier molecular flexibility index (Phi) is 10.7. The first-order chi connectivity index (χ1) is 31.0. The van der Waals surface area contributed by atoms with E-state index in [4.69, 9.17) is 11.6 Å². The quantitative estimate of drug-likeness (QED) is 0.116.